The van der Waals surface area contributed by atoms with Crippen molar-refractivity contribution in [2.75, 3.05) is 26.8 Å². The maximum Gasteiger partial charge on any atom is 0.117 e. The van der Waals surface area contributed by atoms with E-state index < -0.39 is 6.17 Å². The number of rotatable bonds is 2. The molecule has 2 saturated heterocycles. The molecule has 0 aromatic rings. The van der Waals surface area contributed by atoms with Gasteiger partial charge < -0.3 is 4.74 Å². The summed E-state index contributed by atoms with van der Waals surface area (Å²) in [7, 11) is 1.70. The summed E-state index contributed by atoms with van der Waals surface area (Å²) in [6, 6.07) is 0. The van der Waals surface area contributed by atoms with Crippen LogP contribution in [0.15, 0.2) is 0 Å². The molecule has 0 amide bonds. The molecule has 2 rings (SSSR count). The van der Waals surface area contributed by atoms with E-state index in [1.165, 1.54) is 0 Å². The Morgan fingerprint density at radius 3 is 2.83 bits per heavy atom. The van der Waals surface area contributed by atoms with Crippen LogP contribution >= 0.6 is 0 Å². The van der Waals surface area contributed by atoms with E-state index in [0.29, 0.717) is 13.2 Å². The SMILES string of the molecule is COC[C@@]12CCN1C[C@H](F)[C@@H]2C. The minimum Gasteiger partial charge on any atom is -0.383 e. The molecule has 3 atom stereocenters. The Morgan fingerprint density at radius 2 is 2.42 bits per heavy atom. The normalized spacial score (nSPS) is 47.2. The molecule has 12 heavy (non-hydrogen) atoms. The molecule has 2 fully saturated rings. The number of hydrogen-bond acceptors (Lipinski definition) is 2. The average molecular weight is 173 g/mol. The highest BCUT2D eigenvalue weighted by Gasteiger charge is 2.57. The van der Waals surface area contributed by atoms with Crippen LogP contribution in [0.2, 0.25) is 0 Å². The second-order valence-corrected chi connectivity index (χ2v) is 4.04. The molecule has 0 saturated carbocycles. The first kappa shape index (κ1) is 8.45. The predicted octanol–water partition coefficient (Wildman–Crippen LogP) is 1.07. The summed E-state index contributed by atoms with van der Waals surface area (Å²) in [6.07, 6.45) is 0.449. The summed E-state index contributed by atoms with van der Waals surface area (Å²) in [5.74, 6) is 0.145. The van der Waals surface area contributed by atoms with Crippen molar-refractivity contribution in [3.8, 4) is 0 Å². The summed E-state index contributed by atoms with van der Waals surface area (Å²) < 4.78 is 18.5. The van der Waals surface area contributed by atoms with Gasteiger partial charge in [0.05, 0.1) is 12.1 Å². The molecule has 0 aromatic carbocycles. The minimum absolute atomic E-state index is 0.0498. The van der Waals surface area contributed by atoms with E-state index in [0.717, 1.165) is 13.0 Å². The van der Waals surface area contributed by atoms with Crippen LogP contribution in [0.4, 0.5) is 4.39 Å². The number of methoxy groups -OCH3 is 1. The van der Waals surface area contributed by atoms with Gasteiger partial charge in [0.25, 0.3) is 0 Å². The van der Waals surface area contributed by atoms with Crippen LogP contribution in [0, 0.1) is 5.92 Å². The lowest BCUT2D eigenvalue weighted by atomic mass is 9.78. The molecule has 2 aliphatic rings. The summed E-state index contributed by atoms with van der Waals surface area (Å²) in [5.41, 5.74) is 0.0498. The van der Waals surface area contributed by atoms with Crippen molar-refractivity contribution in [1.29, 1.82) is 0 Å². The molecule has 0 aromatic heterocycles. The fraction of sp³-hybridized carbons (Fsp3) is 1.00. The topological polar surface area (TPSA) is 12.5 Å². The van der Waals surface area contributed by atoms with Crippen LogP contribution in [-0.2, 0) is 4.74 Å². The number of hydrogen-bond donors (Lipinski definition) is 0. The molecule has 0 spiro atoms. The van der Waals surface area contributed by atoms with Crippen molar-refractivity contribution in [3.05, 3.63) is 0 Å². The Hall–Kier alpha value is -0.150. The predicted molar refractivity (Wildman–Crippen MR) is 44.9 cm³/mol. The van der Waals surface area contributed by atoms with Gasteiger partial charge in [0.15, 0.2) is 0 Å². The van der Waals surface area contributed by atoms with Gasteiger partial charge in [-0.1, -0.05) is 6.92 Å². The number of halogens is 1. The monoisotopic (exact) mass is 173 g/mol. The van der Waals surface area contributed by atoms with Gasteiger partial charge in [-0.3, -0.25) is 4.90 Å². The Kier molecular flexibility index (Phi) is 1.88. The number of ether oxygens (including phenoxy) is 1. The van der Waals surface area contributed by atoms with E-state index in [2.05, 4.69) is 4.90 Å². The minimum atomic E-state index is -0.650. The van der Waals surface area contributed by atoms with Crippen LogP contribution in [0.1, 0.15) is 13.3 Å². The number of fused-ring (bicyclic) bond motifs is 1. The Labute approximate surface area is 72.7 Å². The van der Waals surface area contributed by atoms with Gasteiger partial charge in [0.1, 0.15) is 6.17 Å². The van der Waals surface area contributed by atoms with Crippen molar-refractivity contribution >= 4 is 0 Å². The molecule has 0 unspecified atom stereocenters. The van der Waals surface area contributed by atoms with Crippen molar-refractivity contribution < 1.29 is 9.13 Å². The molecule has 0 aliphatic carbocycles. The first-order valence-electron chi connectivity index (χ1n) is 4.59. The zero-order chi connectivity index (χ0) is 8.77. The highest BCUT2D eigenvalue weighted by atomic mass is 19.1. The third kappa shape index (κ3) is 0.866. The van der Waals surface area contributed by atoms with E-state index in [-0.39, 0.29) is 11.5 Å². The smallest absolute Gasteiger partial charge is 0.117 e. The van der Waals surface area contributed by atoms with Gasteiger partial charge in [-0.2, -0.15) is 0 Å². The summed E-state index contributed by atoms with van der Waals surface area (Å²) in [5, 5.41) is 0. The first-order valence-corrected chi connectivity index (χ1v) is 4.59. The summed E-state index contributed by atoms with van der Waals surface area (Å²) >= 11 is 0. The molecular formula is C9H16FNO. The zero-order valence-electron chi connectivity index (χ0n) is 7.72. The lowest BCUT2D eigenvalue weighted by Gasteiger charge is -2.49. The molecule has 2 heterocycles. The van der Waals surface area contributed by atoms with Crippen molar-refractivity contribution in [2.24, 2.45) is 5.92 Å². The molecule has 2 aliphatic heterocycles. The molecule has 3 heteroatoms. The van der Waals surface area contributed by atoms with Gasteiger partial charge in [-0.15, -0.1) is 0 Å². The first-order chi connectivity index (χ1) is 5.70. The average Bonchev–Trinajstić information content (AvgIpc) is 2.18. The third-order valence-electron chi connectivity index (χ3n) is 3.62. The largest absolute Gasteiger partial charge is 0.383 e. The third-order valence-corrected chi connectivity index (χ3v) is 3.62. The van der Waals surface area contributed by atoms with Crippen LogP contribution in [-0.4, -0.2) is 43.4 Å². The molecule has 0 bridgehead atoms. The molecular weight excluding hydrogens is 157 g/mol. The molecule has 2 nitrogen and oxygen atoms in total. The number of alkyl halides is 1. The maximum atomic E-state index is 13.3. The Morgan fingerprint density at radius 1 is 1.67 bits per heavy atom. The van der Waals surface area contributed by atoms with Crippen LogP contribution in [0.25, 0.3) is 0 Å². The van der Waals surface area contributed by atoms with Gasteiger partial charge in [-0.25, -0.2) is 4.39 Å². The maximum absolute atomic E-state index is 13.3. The Bertz CT molecular complexity index is 187. The van der Waals surface area contributed by atoms with Crippen molar-refractivity contribution in [2.45, 2.75) is 25.1 Å². The van der Waals surface area contributed by atoms with Gasteiger partial charge in [-0.05, 0) is 6.42 Å². The van der Waals surface area contributed by atoms with E-state index in [1.54, 1.807) is 7.11 Å². The van der Waals surface area contributed by atoms with E-state index in [4.69, 9.17) is 4.74 Å². The fourth-order valence-corrected chi connectivity index (χ4v) is 2.60. The molecule has 0 N–H and O–H groups in total. The summed E-state index contributed by atoms with van der Waals surface area (Å²) in [6.45, 7) is 4.36. The van der Waals surface area contributed by atoms with E-state index >= 15 is 0 Å². The standard InChI is InChI=1S/C9H16FNO/c1-7-8(10)5-11-4-3-9(7,11)6-12-2/h7-8H,3-6H2,1-2H3/t7-,8-,9+/m0/s1. The number of nitrogens with zero attached hydrogens (tertiary/aromatic N) is 1. The van der Waals surface area contributed by atoms with Crippen molar-refractivity contribution in [3.63, 3.8) is 0 Å². The van der Waals surface area contributed by atoms with Crippen LogP contribution in [0.3, 0.4) is 0 Å². The lowest BCUT2D eigenvalue weighted by molar-refractivity contribution is -0.0561. The second kappa shape index (κ2) is 2.67. The second-order valence-electron chi connectivity index (χ2n) is 4.04. The van der Waals surface area contributed by atoms with Crippen molar-refractivity contribution in [1.82, 2.24) is 4.90 Å². The van der Waals surface area contributed by atoms with Crippen LogP contribution in [0.5, 0.6) is 0 Å². The molecule has 70 valence electrons. The Balaban J connectivity index is 2.12. The van der Waals surface area contributed by atoms with E-state index in [1.807, 2.05) is 6.92 Å². The zero-order valence-corrected chi connectivity index (χ0v) is 7.72. The molecule has 0 radical (unpaired) electrons. The highest BCUT2D eigenvalue weighted by Crippen LogP contribution is 2.45. The van der Waals surface area contributed by atoms with Gasteiger partial charge >= 0.3 is 0 Å². The lowest BCUT2D eigenvalue weighted by Crippen LogP contribution is -2.61. The fourth-order valence-electron chi connectivity index (χ4n) is 2.60. The van der Waals surface area contributed by atoms with Crippen LogP contribution < -0.4 is 0 Å². The van der Waals surface area contributed by atoms with Gasteiger partial charge in [0, 0.05) is 26.1 Å². The summed E-state index contributed by atoms with van der Waals surface area (Å²) in [4.78, 5) is 2.23. The highest BCUT2D eigenvalue weighted by molar-refractivity contribution is 5.10. The van der Waals surface area contributed by atoms with E-state index in [9.17, 15) is 4.39 Å². The quantitative estimate of drug-likeness (QED) is 0.619. The van der Waals surface area contributed by atoms with Gasteiger partial charge in [0.2, 0.25) is 0 Å².